The molecule has 2 aliphatic heterocycles. The minimum absolute atomic E-state index is 0.339. The zero-order chi connectivity index (χ0) is 28.8. The van der Waals surface area contributed by atoms with Gasteiger partial charge in [0.25, 0.3) is 0 Å². The van der Waals surface area contributed by atoms with E-state index in [4.69, 9.17) is 15.0 Å². The van der Waals surface area contributed by atoms with Gasteiger partial charge < -0.3 is 10.6 Å². The third kappa shape index (κ3) is 6.71. The van der Waals surface area contributed by atoms with Crippen LogP contribution in [-0.2, 0) is 13.1 Å². The Labute approximate surface area is 253 Å². The number of rotatable bonds is 9. The zero-order valence-electron chi connectivity index (χ0n) is 24.6. The van der Waals surface area contributed by atoms with Crippen LogP contribution in [0.5, 0.6) is 0 Å². The molecule has 0 atom stereocenters. The largest absolute Gasteiger partial charge is 0.365 e. The maximum atomic E-state index is 5.03. The van der Waals surface area contributed by atoms with Gasteiger partial charge in [0, 0.05) is 57.0 Å². The summed E-state index contributed by atoms with van der Waals surface area (Å²) in [5, 5.41) is 7.48. The number of hydrogen-bond acceptors (Lipinski definition) is 7. The van der Waals surface area contributed by atoms with Crippen molar-refractivity contribution in [3.05, 3.63) is 108 Å². The summed E-state index contributed by atoms with van der Waals surface area (Å²) in [7, 11) is 0. The van der Waals surface area contributed by atoms with Crippen molar-refractivity contribution in [3.63, 3.8) is 0 Å². The molecule has 7 rings (SSSR count). The van der Waals surface area contributed by atoms with E-state index in [0.29, 0.717) is 18.0 Å². The van der Waals surface area contributed by atoms with Crippen LogP contribution >= 0.6 is 0 Å². The summed E-state index contributed by atoms with van der Waals surface area (Å²) in [6.07, 6.45) is 6.14. The Morgan fingerprint density at radius 2 is 1.12 bits per heavy atom. The van der Waals surface area contributed by atoms with Crippen molar-refractivity contribution >= 4 is 22.9 Å². The summed E-state index contributed by atoms with van der Waals surface area (Å²) in [4.78, 5) is 19.9. The number of anilines is 2. The second-order valence-corrected chi connectivity index (χ2v) is 11.9. The molecule has 5 aromatic rings. The molecule has 0 aliphatic carbocycles. The Morgan fingerprint density at radius 3 is 1.67 bits per heavy atom. The predicted molar refractivity (Wildman–Crippen MR) is 173 cm³/mol. The van der Waals surface area contributed by atoms with Gasteiger partial charge in [-0.25, -0.2) is 4.98 Å². The standard InChI is InChI=1S/C35H40N8/c1-4-10-27(11-5-1)24-41-20-16-29(17-21-41)37-33-32-34(43(26-36-32)31-14-8-3-9-15-31)40-35(39-33)38-30-18-22-42(23-19-30)25-28-12-6-2-7-13-28/h1-15,26,29-30H,16-25H2,(H2,37,38,39,40). The number of para-hydroxylation sites is 1. The molecule has 2 aromatic heterocycles. The Bertz CT molecular complexity index is 1590. The Balaban J connectivity index is 1.06. The van der Waals surface area contributed by atoms with E-state index in [-0.39, 0.29) is 0 Å². The number of fused-ring (bicyclic) bond motifs is 1. The van der Waals surface area contributed by atoms with Gasteiger partial charge in [-0.3, -0.25) is 14.4 Å². The van der Waals surface area contributed by atoms with Gasteiger partial charge in [-0.05, 0) is 48.9 Å². The molecule has 8 nitrogen and oxygen atoms in total. The van der Waals surface area contributed by atoms with Crippen LogP contribution in [0.4, 0.5) is 11.8 Å². The van der Waals surface area contributed by atoms with Crippen LogP contribution in [0.3, 0.4) is 0 Å². The molecule has 0 unspecified atom stereocenters. The summed E-state index contributed by atoms with van der Waals surface area (Å²) in [6, 6.07) is 32.5. The van der Waals surface area contributed by atoms with Gasteiger partial charge >= 0.3 is 0 Å². The maximum Gasteiger partial charge on any atom is 0.227 e. The second kappa shape index (κ2) is 12.9. The summed E-state index contributed by atoms with van der Waals surface area (Å²) in [5.74, 6) is 1.50. The lowest BCUT2D eigenvalue weighted by molar-refractivity contribution is 0.211. The van der Waals surface area contributed by atoms with E-state index in [9.17, 15) is 0 Å². The molecule has 0 radical (unpaired) electrons. The van der Waals surface area contributed by atoms with E-state index in [1.807, 2.05) is 24.5 Å². The number of hydrogen-bond donors (Lipinski definition) is 2. The molecule has 43 heavy (non-hydrogen) atoms. The molecule has 8 heteroatoms. The van der Waals surface area contributed by atoms with Crippen LogP contribution < -0.4 is 10.6 Å². The number of benzene rings is 3. The van der Waals surface area contributed by atoms with Gasteiger partial charge in [-0.15, -0.1) is 0 Å². The zero-order valence-corrected chi connectivity index (χ0v) is 24.6. The maximum absolute atomic E-state index is 5.03. The van der Waals surface area contributed by atoms with Crippen LogP contribution in [0.2, 0.25) is 0 Å². The first-order valence-corrected chi connectivity index (χ1v) is 15.6. The first-order valence-electron chi connectivity index (χ1n) is 15.6. The first kappa shape index (κ1) is 27.6. The molecule has 220 valence electrons. The molecule has 0 spiro atoms. The highest BCUT2D eigenvalue weighted by Crippen LogP contribution is 2.27. The van der Waals surface area contributed by atoms with Crippen LogP contribution in [-0.4, -0.2) is 67.6 Å². The SMILES string of the molecule is c1ccc(CN2CCC(Nc3nc(NC4CCN(Cc5ccccc5)CC4)c4ncn(-c5ccccc5)c4n3)CC2)cc1. The van der Waals surface area contributed by atoms with Gasteiger partial charge in [0.1, 0.15) is 6.33 Å². The molecular weight excluding hydrogens is 532 g/mol. The van der Waals surface area contributed by atoms with Crippen molar-refractivity contribution in [2.75, 3.05) is 36.8 Å². The lowest BCUT2D eigenvalue weighted by Gasteiger charge is -2.33. The fourth-order valence-electron chi connectivity index (χ4n) is 6.37. The predicted octanol–water partition coefficient (Wildman–Crippen LogP) is 5.97. The molecule has 2 N–H and O–H groups in total. The summed E-state index contributed by atoms with van der Waals surface area (Å²) < 4.78 is 2.07. The van der Waals surface area contributed by atoms with E-state index in [1.165, 1.54) is 11.1 Å². The Morgan fingerprint density at radius 1 is 0.605 bits per heavy atom. The Hall–Kier alpha value is -4.27. The average molecular weight is 573 g/mol. The van der Waals surface area contributed by atoms with Crippen molar-refractivity contribution < 1.29 is 0 Å². The molecule has 0 amide bonds. The van der Waals surface area contributed by atoms with Crippen molar-refractivity contribution in [3.8, 4) is 5.69 Å². The molecule has 4 heterocycles. The minimum Gasteiger partial charge on any atom is -0.365 e. The van der Waals surface area contributed by atoms with Crippen molar-refractivity contribution in [1.29, 1.82) is 0 Å². The third-order valence-electron chi connectivity index (χ3n) is 8.78. The van der Waals surface area contributed by atoms with Crippen LogP contribution in [0.15, 0.2) is 97.3 Å². The average Bonchev–Trinajstić information content (AvgIpc) is 3.49. The second-order valence-electron chi connectivity index (χ2n) is 11.9. The molecule has 2 saturated heterocycles. The van der Waals surface area contributed by atoms with Crippen molar-refractivity contribution in [2.45, 2.75) is 50.9 Å². The quantitative estimate of drug-likeness (QED) is 0.226. The van der Waals surface area contributed by atoms with E-state index < -0.39 is 0 Å². The number of likely N-dealkylation sites (tertiary alicyclic amines) is 2. The van der Waals surface area contributed by atoms with Crippen molar-refractivity contribution in [1.82, 2.24) is 29.3 Å². The first-order chi connectivity index (χ1) is 21.3. The molecule has 3 aromatic carbocycles. The van der Waals surface area contributed by atoms with Crippen LogP contribution in [0.1, 0.15) is 36.8 Å². The summed E-state index contributed by atoms with van der Waals surface area (Å²) in [5.41, 5.74) is 5.44. The summed E-state index contributed by atoms with van der Waals surface area (Å²) in [6.45, 7) is 6.25. The number of nitrogens with one attached hydrogen (secondary N) is 2. The van der Waals surface area contributed by atoms with Gasteiger partial charge in [0.2, 0.25) is 5.95 Å². The number of imidazole rings is 1. The number of piperidine rings is 2. The summed E-state index contributed by atoms with van der Waals surface area (Å²) >= 11 is 0. The van der Waals surface area contributed by atoms with Gasteiger partial charge in [0.15, 0.2) is 17.0 Å². The highest BCUT2D eigenvalue weighted by Gasteiger charge is 2.24. The fraction of sp³-hybridized carbons (Fsp3) is 0.343. The third-order valence-corrected chi connectivity index (χ3v) is 8.78. The monoisotopic (exact) mass is 572 g/mol. The molecular formula is C35H40N8. The van der Waals surface area contributed by atoms with Crippen LogP contribution in [0, 0.1) is 0 Å². The highest BCUT2D eigenvalue weighted by molar-refractivity contribution is 5.85. The lowest BCUT2D eigenvalue weighted by Crippen LogP contribution is -2.39. The van der Waals surface area contributed by atoms with Gasteiger partial charge in [-0.2, -0.15) is 9.97 Å². The molecule has 0 bridgehead atoms. The van der Waals surface area contributed by atoms with Crippen LogP contribution in [0.25, 0.3) is 16.9 Å². The van der Waals surface area contributed by atoms with Gasteiger partial charge in [-0.1, -0.05) is 78.9 Å². The van der Waals surface area contributed by atoms with Crippen molar-refractivity contribution in [2.24, 2.45) is 0 Å². The van der Waals surface area contributed by atoms with E-state index in [2.05, 4.69) is 97.8 Å². The number of aromatic nitrogens is 4. The minimum atomic E-state index is 0.339. The lowest BCUT2D eigenvalue weighted by atomic mass is 10.0. The normalized spacial score (nSPS) is 17.3. The number of nitrogens with zero attached hydrogens (tertiary/aromatic N) is 6. The van der Waals surface area contributed by atoms with E-state index in [1.54, 1.807) is 0 Å². The smallest absolute Gasteiger partial charge is 0.227 e. The highest BCUT2D eigenvalue weighted by atomic mass is 15.2. The molecule has 2 aliphatic rings. The fourth-order valence-corrected chi connectivity index (χ4v) is 6.37. The topological polar surface area (TPSA) is 74.1 Å². The molecule has 2 fully saturated rings. The Kier molecular flexibility index (Phi) is 8.29. The molecule has 0 saturated carbocycles. The van der Waals surface area contributed by atoms with Gasteiger partial charge in [0.05, 0.1) is 0 Å². The van der Waals surface area contributed by atoms with E-state index >= 15 is 0 Å². The van der Waals surface area contributed by atoms with E-state index in [0.717, 1.165) is 87.6 Å².